The molecule has 182 valence electrons. The Labute approximate surface area is 197 Å². The number of carbonyl (C=O) groups is 2. The van der Waals surface area contributed by atoms with Gasteiger partial charge in [-0.2, -0.15) is 0 Å². The Morgan fingerprint density at radius 1 is 1.21 bits per heavy atom. The first kappa shape index (κ1) is 24.0. The van der Waals surface area contributed by atoms with Crippen LogP contribution in [0.1, 0.15) is 29.6 Å². The number of amides is 2. The molecule has 2 amide bonds. The van der Waals surface area contributed by atoms with E-state index in [1.54, 1.807) is 19.0 Å². The summed E-state index contributed by atoms with van der Waals surface area (Å²) in [5, 5.41) is 2.59. The van der Waals surface area contributed by atoms with Crippen LogP contribution < -0.4 is 14.8 Å². The number of benzene rings is 2. The molecule has 0 bridgehead atoms. The van der Waals surface area contributed by atoms with Gasteiger partial charge in [0.2, 0.25) is 5.91 Å². The van der Waals surface area contributed by atoms with Gasteiger partial charge in [0, 0.05) is 19.8 Å². The van der Waals surface area contributed by atoms with E-state index in [4.69, 9.17) is 9.47 Å². The van der Waals surface area contributed by atoms with Gasteiger partial charge in [0.25, 0.3) is 15.9 Å². The van der Waals surface area contributed by atoms with Gasteiger partial charge in [-0.25, -0.2) is 12.8 Å². The van der Waals surface area contributed by atoms with E-state index in [1.165, 1.54) is 30.3 Å². The third-order valence-electron chi connectivity index (χ3n) is 6.06. The van der Waals surface area contributed by atoms with Crippen molar-refractivity contribution in [3.05, 3.63) is 53.8 Å². The standard InChI is InChI=1S/C23H26FN3O6S/c1-25-22(28)12-16-7-8-19-21(33-16)13-32-20-9-6-15(11-18(20)23(29)27(19)2)26-34(30,31)17-5-3-4-14(24)10-17/h3-6,9-11,16,19,21,26H,7-8,12-13H2,1-2H3,(H,25,28)/t16-,19-,21-/m1/s1. The highest BCUT2D eigenvalue weighted by atomic mass is 32.2. The van der Waals surface area contributed by atoms with Crippen LogP contribution in [0.3, 0.4) is 0 Å². The summed E-state index contributed by atoms with van der Waals surface area (Å²) in [4.78, 5) is 26.4. The molecule has 4 rings (SSSR count). The quantitative estimate of drug-likeness (QED) is 0.663. The van der Waals surface area contributed by atoms with Crippen LogP contribution in [-0.2, 0) is 19.6 Å². The van der Waals surface area contributed by atoms with Gasteiger partial charge >= 0.3 is 0 Å². The number of hydrogen-bond donors (Lipinski definition) is 2. The second-order valence-corrected chi connectivity index (χ2v) is 10.0. The lowest BCUT2D eigenvalue weighted by Crippen LogP contribution is -2.53. The number of carbonyl (C=O) groups excluding carboxylic acids is 2. The van der Waals surface area contributed by atoms with Crippen molar-refractivity contribution < 1.29 is 31.9 Å². The number of rotatable bonds is 5. The molecule has 1 saturated heterocycles. The number of nitrogens with one attached hydrogen (secondary N) is 2. The topological polar surface area (TPSA) is 114 Å². The van der Waals surface area contributed by atoms with Crippen LogP contribution in [0.2, 0.25) is 0 Å². The molecule has 2 N–H and O–H groups in total. The van der Waals surface area contributed by atoms with Crippen molar-refractivity contribution in [3.8, 4) is 5.75 Å². The molecule has 0 spiro atoms. The zero-order valence-corrected chi connectivity index (χ0v) is 19.6. The number of likely N-dealkylation sites (N-methyl/N-ethyl adjacent to an activating group) is 1. The molecule has 2 aromatic rings. The van der Waals surface area contributed by atoms with Gasteiger partial charge in [0.1, 0.15) is 24.3 Å². The maximum atomic E-state index is 13.5. The average molecular weight is 492 g/mol. The predicted octanol–water partition coefficient (Wildman–Crippen LogP) is 2.14. The Bertz CT molecular complexity index is 1200. The Balaban J connectivity index is 1.55. The molecule has 3 atom stereocenters. The van der Waals surface area contributed by atoms with Crippen molar-refractivity contribution in [1.29, 1.82) is 0 Å². The SMILES string of the molecule is CNC(=O)C[C@H]1CC[C@@H]2[C@@H](COc3ccc(NS(=O)(=O)c4cccc(F)c4)cc3C(=O)N2C)O1. The van der Waals surface area contributed by atoms with Crippen molar-refractivity contribution in [2.75, 3.05) is 25.4 Å². The molecule has 0 aromatic heterocycles. The Morgan fingerprint density at radius 2 is 2.00 bits per heavy atom. The number of halogens is 1. The summed E-state index contributed by atoms with van der Waals surface area (Å²) in [6.45, 7) is 0.175. The number of hydrogen-bond acceptors (Lipinski definition) is 6. The summed E-state index contributed by atoms with van der Waals surface area (Å²) in [6.07, 6.45) is 0.831. The first-order valence-electron chi connectivity index (χ1n) is 10.9. The van der Waals surface area contributed by atoms with Crippen LogP contribution in [0.4, 0.5) is 10.1 Å². The smallest absolute Gasteiger partial charge is 0.261 e. The largest absolute Gasteiger partial charge is 0.490 e. The zero-order chi connectivity index (χ0) is 24.5. The van der Waals surface area contributed by atoms with E-state index in [9.17, 15) is 22.4 Å². The summed E-state index contributed by atoms with van der Waals surface area (Å²) in [5.41, 5.74) is 0.351. The summed E-state index contributed by atoms with van der Waals surface area (Å²) in [5.74, 6) is -0.836. The molecule has 0 saturated carbocycles. The maximum absolute atomic E-state index is 13.5. The number of anilines is 1. The Morgan fingerprint density at radius 3 is 2.74 bits per heavy atom. The van der Waals surface area contributed by atoms with Gasteiger partial charge in [0.15, 0.2) is 0 Å². The molecular formula is C23H26FN3O6S. The average Bonchev–Trinajstić information content (AvgIpc) is 2.81. The number of sulfonamides is 1. The summed E-state index contributed by atoms with van der Waals surface area (Å²) in [6, 6.07) is 8.78. The van der Waals surface area contributed by atoms with E-state index in [1.807, 2.05) is 0 Å². The van der Waals surface area contributed by atoms with E-state index < -0.39 is 21.9 Å². The second kappa shape index (κ2) is 9.59. The fourth-order valence-electron chi connectivity index (χ4n) is 4.25. The summed E-state index contributed by atoms with van der Waals surface area (Å²) < 4.78 is 53.2. The molecule has 1 fully saturated rings. The zero-order valence-electron chi connectivity index (χ0n) is 18.8. The fourth-order valence-corrected chi connectivity index (χ4v) is 5.33. The first-order chi connectivity index (χ1) is 16.2. The molecule has 2 aliphatic rings. The van der Waals surface area contributed by atoms with Crippen molar-refractivity contribution >= 4 is 27.5 Å². The minimum atomic E-state index is -4.06. The summed E-state index contributed by atoms with van der Waals surface area (Å²) in [7, 11) is -0.816. The minimum Gasteiger partial charge on any atom is -0.490 e. The minimum absolute atomic E-state index is 0.113. The normalized spacial score (nSPS) is 22.5. The maximum Gasteiger partial charge on any atom is 0.261 e. The highest BCUT2D eigenvalue weighted by molar-refractivity contribution is 7.92. The highest BCUT2D eigenvalue weighted by Gasteiger charge is 2.39. The molecule has 0 unspecified atom stereocenters. The van der Waals surface area contributed by atoms with Gasteiger partial charge in [-0.1, -0.05) is 6.07 Å². The third kappa shape index (κ3) is 5.00. The van der Waals surface area contributed by atoms with Crippen LogP contribution in [0.25, 0.3) is 0 Å². The van der Waals surface area contributed by atoms with Gasteiger partial charge in [-0.05, 0) is 49.2 Å². The van der Waals surface area contributed by atoms with E-state index in [0.29, 0.717) is 18.6 Å². The lowest BCUT2D eigenvalue weighted by molar-refractivity contribution is -0.133. The molecule has 2 aromatic carbocycles. The van der Waals surface area contributed by atoms with E-state index >= 15 is 0 Å². The molecule has 2 heterocycles. The van der Waals surface area contributed by atoms with Crippen LogP contribution in [0.15, 0.2) is 47.4 Å². The third-order valence-corrected chi connectivity index (χ3v) is 7.44. The van der Waals surface area contributed by atoms with Crippen molar-refractivity contribution in [2.45, 2.75) is 42.4 Å². The molecule has 34 heavy (non-hydrogen) atoms. The molecule has 0 aliphatic carbocycles. The molecule has 9 nitrogen and oxygen atoms in total. The van der Waals surface area contributed by atoms with Gasteiger partial charge < -0.3 is 19.7 Å². The Kier molecular flexibility index (Phi) is 6.76. The molecular weight excluding hydrogens is 465 g/mol. The lowest BCUT2D eigenvalue weighted by atomic mass is 9.94. The van der Waals surface area contributed by atoms with Crippen molar-refractivity contribution in [3.63, 3.8) is 0 Å². The lowest BCUT2D eigenvalue weighted by Gasteiger charge is -2.42. The fraction of sp³-hybridized carbons (Fsp3) is 0.391. The Hall–Kier alpha value is -3.18. The van der Waals surface area contributed by atoms with Crippen molar-refractivity contribution in [1.82, 2.24) is 10.2 Å². The van der Waals surface area contributed by atoms with Crippen LogP contribution in [0.5, 0.6) is 5.75 Å². The molecule has 11 heteroatoms. The van der Waals surface area contributed by atoms with Crippen LogP contribution >= 0.6 is 0 Å². The highest BCUT2D eigenvalue weighted by Crippen LogP contribution is 2.33. The van der Waals surface area contributed by atoms with Gasteiger partial charge in [0.05, 0.1) is 29.0 Å². The van der Waals surface area contributed by atoms with Crippen LogP contribution in [-0.4, -0.2) is 64.1 Å². The van der Waals surface area contributed by atoms with Gasteiger partial charge in [-0.3, -0.25) is 14.3 Å². The summed E-state index contributed by atoms with van der Waals surface area (Å²) >= 11 is 0. The number of nitrogens with zero attached hydrogens (tertiary/aromatic N) is 1. The second-order valence-electron chi connectivity index (χ2n) is 8.32. The van der Waals surface area contributed by atoms with Crippen LogP contribution in [0, 0.1) is 5.82 Å². The number of fused-ring (bicyclic) bond motifs is 2. The predicted molar refractivity (Wildman–Crippen MR) is 122 cm³/mol. The molecule has 2 aliphatic heterocycles. The van der Waals surface area contributed by atoms with Gasteiger partial charge in [-0.15, -0.1) is 0 Å². The van der Waals surface area contributed by atoms with Crippen molar-refractivity contribution in [2.24, 2.45) is 0 Å². The molecule has 0 radical (unpaired) electrons. The van der Waals surface area contributed by atoms with E-state index in [2.05, 4.69) is 10.0 Å². The number of ether oxygens (including phenoxy) is 2. The monoisotopic (exact) mass is 491 g/mol. The van der Waals surface area contributed by atoms with E-state index in [0.717, 1.165) is 12.1 Å². The van der Waals surface area contributed by atoms with E-state index in [-0.39, 0.29) is 53.1 Å². The first-order valence-corrected chi connectivity index (χ1v) is 12.3.